The van der Waals surface area contributed by atoms with Crippen LogP contribution in [0.4, 0.5) is 0 Å². The van der Waals surface area contributed by atoms with Crippen LogP contribution < -0.4 is 0 Å². The van der Waals surface area contributed by atoms with Crippen molar-refractivity contribution in [2.24, 2.45) is 35.5 Å². The lowest BCUT2D eigenvalue weighted by Gasteiger charge is -2.24. The third-order valence-corrected chi connectivity index (χ3v) is 15.4. The van der Waals surface area contributed by atoms with Crippen LogP contribution in [0, 0.1) is 74.9 Å². The fourth-order valence-corrected chi connectivity index (χ4v) is 9.29. The first-order chi connectivity index (χ1) is 53.8. The molecular formula is C89H143N7O20S4. The molecule has 0 spiro atoms. The number of nitrogens with zero attached hydrogens (tertiary/aromatic N) is 7. The number of phenolic OH excluding ortho intramolecular Hbond substituents is 1. The van der Waals surface area contributed by atoms with Gasteiger partial charge in [-0.3, -0.25) is 43.3 Å². The summed E-state index contributed by atoms with van der Waals surface area (Å²) in [6.45, 7) is 81.2. The van der Waals surface area contributed by atoms with Gasteiger partial charge in [0.05, 0.1) is 76.2 Å². The standard InChI is InChI=1S/C15H20O5.C15H20O4.C12H22O4.C11H20O4.C8H7N.C7H12N2O.C7H11N.2C5H9N.C4H5NO2.4H2S/c1-15(2,3)20-13(17)9-11(14(18)19)8-10-4-6-12(16)7-5-10;1-15(2,3)19-13(16)10-12(14(17)18)9-11-7-5-4-6-8-11;1-6-8(2)9(11(14)15)7-10(13)16-12(3,4)5;1-7(2)8(10(13)14)6-9(12)15-11(3,4)5;1-9-7-8-5-3-2-4-6-8;1-8-2-3-9-4-6-10-7-5-9;1-8-7-5-3-2-4-6-7;1-5(2,3)6-4;1-3-4-5-6-2;1-5-3-4(6)7-2;;;;/h4-7,11,16H,8-9H2,1-3H3,(H,18,19);4-8,12H,9-10H2,1-3H3,(H,17,18);8-9H,6-7H2,1-5H3,(H,14,15);7-8H,6H2,1-5H3,(H,13,14);2-6H,7H2;2-7H2;7H,2-6H2;1-3H3;3-5H2,1H3;3H2,2H3;4*1H2. The fourth-order valence-electron chi connectivity index (χ4n) is 9.29. The SMILES string of the molecule is CC(C)(C)OC(=O)CC(Cc1ccc(O)cc1)C(=O)O.CC(C)(C)OC(=O)CC(Cc1ccccc1)C(=O)O.CC(C)C(CC(=O)OC(C)(C)C)C(=O)O.CCC(C)C(CC(=O)OC(C)(C)C)C(=O)O.S.S.S.S.[C-]#[N+]C(C)(C)C.[C-]#[N+]C1CCCCC1.[C-]#[N+]CC(=O)OC.[C-]#[N+]CCCC.[C-]#[N+]CCN1CCOCC1.[C-]#[N+]Cc1ccccc1. The molecule has 1 aliphatic carbocycles. The number of carboxylic acid groups (broad SMARTS) is 4. The van der Waals surface area contributed by atoms with Crippen molar-refractivity contribution in [3.63, 3.8) is 0 Å². The van der Waals surface area contributed by atoms with Gasteiger partial charge >= 0.3 is 60.3 Å². The van der Waals surface area contributed by atoms with Gasteiger partial charge in [-0.1, -0.05) is 120 Å². The number of carbonyl (C=O) groups excluding carboxylic acids is 5. The largest absolute Gasteiger partial charge is 0.508 e. The Labute approximate surface area is 745 Å². The third-order valence-electron chi connectivity index (χ3n) is 15.4. The second kappa shape index (κ2) is 73.8. The van der Waals surface area contributed by atoms with Crippen molar-refractivity contribution < 1.29 is 97.1 Å². The Hall–Kier alpha value is -9.05. The number of esters is 5. The first-order valence-electron chi connectivity index (χ1n) is 38.9. The van der Waals surface area contributed by atoms with Gasteiger partial charge in [-0.2, -0.15) is 54.0 Å². The molecule has 5 rings (SSSR count). The number of carbonyl (C=O) groups is 9. The van der Waals surface area contributed by atoms with E-state index in [4.69, 9.17) is 73.3 Å². The molecule has 0 aromatic heterocycles. The molecule has 2 aliphatic rings. The molecule has 0 bridgehead atoms. The number of phenols is 1. The molecule has 31 heteroatoms. The zero-order valence-corrected chi connectivity index (χ0v) is 78.9. The van der Waals surface area contributed by atoms with Gasteiger partial charge in [0.2, 0.25) is 31.2 Å². The molecule has 1 heterocycles. The number of ether oxygens (including phenoxy) is 6. The van der Waals surface area contributed by atoms with Crippen LogP contribution in [0.25, 0.3) is 29.1 Å². The molecule has 1 saturated heterocycles. The van der Waals surface area contributed by atoms with Crippen molar-refractivity contribution in [2.45, 2.75) is 269 Å². The van der Waals surface area contributed by atoms with Crippen LogP contribution in [0.5, 0.6) is 5.75 Å². The molecule has 5 unspecified atom stereocenters. The van der Waals surface area contributed by atoms with Crippen molar-refractivity contribution in [1.29, 1.82) is 0 Å². The van der Waals surface area contributed by atoms with Crippen molar-refractivity contribution in [3.8, 4) is 5.75 Å². The summed E-state index contributed by atoms with van der Waals surface area (Å²) in [5.74, 6) is -9.16. The predicted octanol–water partition coefficient (Wildman–Crippen LogP) is 18.1. The van der Waals surface area contributed by atoms with Crippen molar-refractivity contribution in [1.82, 2.24) is 4.90 Å². The molecular weight excluding hydrogens is 1620 g/mol. The number of morpholine rings is 1. The summed E-state index contributed by atoms with van der Waals surface area (Å²) in [5, 5.41) is 45.4. The summed E-state index contributed by atoms with van der Waals surface area (Å²) >= 11 is 0. The lowest BCUT2D eigenvalue weighted by atomic mass is 9.89. The molecule has 0 radical (unpaired) electrons. The molecule has 1 saturated carbocycles. The first kappa shape index (κ1) is 129. The quantitative estimate of drug-likeness (QED) is 0.0228. The molecule has 5 N–H and O–H groups in total. The summed E-state index contributed by atoms with van der Waals surface area (Å²) in [7, 11) is 1.26. The molecule has 120 heavy (non-hydrogen) atoms. The molecule has 2 fully saturated rings. The van der Waals surface area contributed by atoms with Gasteiger partial charge in [-0.25, -0.2) is 44.2 Å². The Morgan fingerprint density at radius 2 is 0.850 bits per heavy atom. The van der Waals surface area contributed by atoms with Crippen molar-refractivity contribution in [3.05, 3.63) is 170 Å². The van der Waals surface area contributed by atoms with Crippen LogP contribution in [0.3, 0.4) is 0 Å². The number of hydrogen-bond acceptors (Lipinski definition) is 17. The second-order valence-corrected chi connectivity index (χ2v) is 32.3. The Morgan fingerprint density at radius 3 is 1.12 bits per heavy atom. The monoisotopic (exact) mass is 1760 g/mol. The van der Waals surface area contributed by atoms with Crippen LogP contribution in [0.2, 0.25) is 0 Å². The molecule has 3 aromatic carbocycles. The van der Waals surface area contributed by atoms with E-state index in [1.54, 1.807) is 109 Å². The number of methoxy groups -OCH3 is 1. The number of aliphatic carboxylic acids is 4. The van der Waals surface area contributed by atoms with E-state index in [0.29, 0.717) is 32.1 Å². The Bertz CT molecular complexity index is 3540. The van der Waals surface area contributed by atoms with Gasteiger partial charge in [0.25, 0.3) is 0 Å². The molecule has 0 amide bonds. The molecule has 678 valence electrons. The van der Waals surface area contributed by atoms with Crippen LogP contribution in [0.15, 0.2) is 84.9 Å². The number of hydrogen-bond donors (Lipinski definition) is 5. The highest BCUT2D eigenvalue weighted by Crippen LogP contribution is 2.24. The highest BCUT2D eigenvalue weighted by atomic mass is 32.1. The predicted molar refractivity (Wildman–Crippen MR) is 489 cm³/mol. The maximum absolute atomic E-state index is 11.7. The summed E-state index contributed by atoms with van der Waals surface area (Å²) in [6, 6.07) is 25.7. The van der Waals surface area contributed by atoms with E-state index in [0.717, 1.165) is 81.6 Å². The minimum absolute atomic E-state index is 0. The molecule has 27 nitrogen and oxygen atoms in total. The number of aromatic hydroxyl groups is 1. The van der Waals surface area contributed by atoms with E-state index in [9.17, 15) is 58.5 Å². The maximum atomic E-state index is 11.7. The molecule has 5 atom stereocenters. The summed E-state index contributed by atoms with van der Waals surface area (Å²) < 4.78 is 29.8. The van der Waals surface area contributed by atoms with Crippen molar-refractivity contribution >= 4 is 108 Å². The number of benzene rings is 3. The number of rotatable bonds is 25. The van der Waals surface area contributed by atoms with Crippen molar-refractivity contribution in [2.75, 3.05) is 59.6 Å². The third kappa shape index (κ3) is 84.0. The van der Waals surface area contributed by atoms with Gasteiger partial charge in [-0.15, -0.1) is 0 Å². The zero-order valence-electron chi connectivity index (χ0n) is 74.9. The highest BCUT2D eigenvalue weighted by molar-refractivity contribution is 7.59. The average molecular weight is 1760 g/mol. The Balaban J connectivity index is -0.000000166. The topological polar surface area (TPSA) is 340 Å². The summed E-state index contributed by atoms with van der Waals surface area (Å²) in [5.41, 5.74) is 0.239. The molecule has 3 aromatic rings. The second-order valence-electron chi connectivity index (χ2n) is 32.3. The van der Waals surface area contributed by atoms with Crippen LogP contribution in [-0.4, -0.2) is 178 Å². The van der Waals surface area contributed by atoms with E-state index >= 15 is 0 Å². The zero-order chi connectivity index (χ0) is 90.3. The van der Waals surface area contributed by atoms with E-state index in [1.165, 1.54) is 38.5 Å². The smallest absolute Gasteiger partial charge is 0.386 e. The van der Waals surface area contributed by atoms with Gasteiger partial charge in [-0.05, 0) is 150 Å². The van der Waals surface area contributed by atoms with Gasteiger partial charge in [0.1, 0.15) is 28.2 Å². The lowest BCUT2D eigenvalue weighted by molar-refractivity contribution is -0.161. The van der Waals surface area contributed by atoms with Gasteiger partial charge < -0.3 is 83.0 Å². The van der Waals surface area contributed by atoms with Crippen LogP contribution in [-0.2, 0) is 91.0 Å². The molecule has 1 aliphatic heterocycles. The normalized spacial score (nSPS) is 13.0. The number of carboxylic acids is 4. The number of unbranched alkanes of at least 4 members (excludes halogenated alkanes) is 1. The maximum Gasteiger partial charge on any atom is 0.386 e. The fraction of sp³-hybridized carbons (Fsp3) is 0.629. The van der Waals surface area contributed by atoms with E-state index in [1.807, 2.05) is 95.3 Å². The van der Waals surface area contributed by atoms with Gasteiger partial charge in [0, 0.05) is 58.7 Å². The highest BCUT2D eigenvalue weighted by Gasteiger charge is 2.31. The van der Waals surface area contributed by atoms with Crippen LogP contribution in [0.1, 0.15) is 232 Å². The van der Waals surface area contributed by atoms with Crippen LogP contribution >= 0.6 is 54.0 Å². The van der Waals surface area contributed by atoms with E-state index in [2.05, 4.69) is 45.6 Å². The average Bonchev–Trinajstić information content (AvgIpc) is 0.894. The lowest BCUT2D eigenvalue weighted by Crippen LogP contribution is -2.37. The Morgan fingerprint density at radius 1 is 0.483 bits per heavy atom. The minimum Gasteiger partial charge on any atom is -0.508 e. The first-order valence-corrected chi connectivity index (χ1v) is 38.9. The Kier molecular flexibility index (Phi) is 79.4. The van der Waals surface area contributed by atoms with E-state index < -0.39 is 99.8 Å². The van der Waals surface area contributed by atoms with E-state index in [-0.39, 0.29) is 116 Å². The summed E-state index contributed by atoms with van der Waals surface area (Å²) in [6.07, 6.45) is 9.32. The summed E-state index contributed by atoms with van der Waals surface area (Å²) in [4.78, 5) is 122. The van der Waals surface area contributed by atoms with Gasteiger partial charge in [0.15, 0.2) is 0 Å². The minimum atomic E-state index is -1.04.